The van der Waals surface area contributed by atoms with E-state index in [9.17, 15) is 9.59 Å². The van der Waals surface area contributed by atoms with Crippen LogP contribution in [0.4, 0.5) is 5.69 Å². The van der Waals surface area contributed by atoms with Gasteiger partial charge in [-0.25, -0.2) is 4.98 Å². The lowest BCUT2D eigenvalue weighted by Gasteiger charge is -2.24. The highest BCUT2D eigenvalue weighted by Gasteiger charge is 2.32. The van der Waals surface area contributed by atoms with Crippen LogP contribution in [0.25, 0.3) is 0 Å². The molecule has 1 atom stereocenters. The lowest BCUT2D eigenvalue weighted by molar-refractivity contribution is -0.143. The molecule has 1 saturated heterocycles. The number of aromatic nitrogens is 2. The minimum absolute atomic E-state index is 0.0380. The van der Waals surface area contributed by atoms with E-state index in [1.54, 1.807) is 17.4 Å². The molecular formula is C18H22N4O2. The maximum atomic E-state index is 12.6. The Hall–Kier alpha value is -2.63. The number of carbonyl (C=O) groups excluding carboxylic acids is 2. The number of hydrogen-bond acceptors (Lipinski definition) is 3. The second-order valence-corrected chi connectivity index (χ2v) is 6.33. The van der Waals surface area contributed by atoms with Crippen LogP contribution in [0.1, 0.15) is 24.0 Å². The van der Waals surface area contributed by atoms with Crippen LogP contribution in [0, 0.1) is 13.8 Å². The average molecular weight is 326 g/mol. The Morgan fingerprint density at radius 3 is 2.92 bits per heavy atom. The molecule has 1 unspecified atom stereocenters. The number of carbonyl (C=O) groups is 2. The highest BCUT2D eigenvalue weighted by molar-refractivity contribution is 6.39. The topological polar surface area (TPSA) is 67.2 Å². The Morgan fingerprint density at radius 1 is 1.33 bits per heavy atom. The largest absolute Gasteiger partial charge is 0.335 e. The smallest absolute Gasteiger partial charge is 0.313 e. The molecular weight excluding hydrogens is 304 g/mol. The Labute approximate surface area is 141 Å². The van der Waals surface area contributed by atoms with Gasteiger partial charge in [-0.15, -0.1) is 0 Å². The van der Waals surface area contributed by atoms with Gasteiger partial charge in [0.25, 0.3) is 0 Å². The first-order valence-electron chi connectivity index (χ1n) is 8.19. The van der Waals surface area contributed by atoms with Crippen molar-refractivity contribution in [2.75, 3.05) is 11.9 Å². The maximum absolute atomic E-state index is 12.6. The van der Waals surface area contributed by atoms with Crippen molar-refractivity contribution in [3.63, 3.8) is 0 Å². The third kappa shape index (κ3) is 3.48. The Morgan fingerprint density at radius 2 is 2.17 bits per heavy atom. The van der Waals surface area contributed by atoms with Crippen LogP contribution >= 0.6 is 0 Å². The molecule has 0 aliphatic carbocycles. The van der Waals surface area contributed by atoms with Crippen molar-refractivity contribution in [2.45, 2.75) is 39.3 Å². The fraction of sp³-hybridized carbons (Fsp3) is 0.389. The Kier molecular flexibility index (Phi) is 4.64. The van der Waals surface area contributed by atoms with Crippen molar-refractivity contribution in [3.8, 4) is 0 Å². The second-order valence-electron chi connectivity index (χ2n) is 6.33. The van der Waals surface area contributed by atoms with Crippen LogP contribution in [-0.2, 0) is 16.1 Å². The van der Waals surface area contributed by atoms with Gasteiger partial charge in [-0.05, 0) is 43.9 Å². The predicted octanol–water partition coefficient (Wildman–Crippen LogP) is 2.13. The van der Waals surface area contributed by atoms with E-state index >= 15 is 0 Å². The maximum Gasteiger partial charge on any atom is 0.313 e. The average Bonchev–Trinajstić information content (AvgIpc) is 3.22. The van der Waals surface area contributed by atoms with Crippen molar-refractivity contribution < 1.29 is 9.59 Å². The van der Waals surface area contributed by atoms with Crippen LogP contribution < -0.4 is 5.32 Å². The van der Waals surface area contributed by atoms with Crippen molar-refractivity contribution in [3.05, 3.63) is 48.0 Å². The van der Waals surface area contributed by atoms with E-state index < -0.39 is 11.8 Å². The molecule has 0 saturated carbocycles. The summed E-state index contributed by atoms with van der Waals surface area (Å²) in [6, 6.07) is 5.84. The molecule has 24 heavy (non-hydrogen) atoms. The number of rotatable bonds is 3. The zero-order valence-corrected chi connectivity index (χ0v) is 14.0. The first kappa shape index (κ1) is 16.2. The SMILES string of the molecule is Cc1ccc(C)c(NC(=O)C(=O)N2CCCC2Cn2ccnc2)c1. The number of nitrogens with zero attached hydrogens (tertiary/aromatic N) is 3. The summed E-state index contributed by atoms with van der Waals surface area (Å²) in [6.07, 6.45) is 7.14. The summed E-state index contributed by atoms with van der Waals surface area (Å²) in [5, 5.41) is 2.76. The van der Waals surface area contributed by atoms with Crippen LogP contribution in [-0.4, -0.2) is 38.9 Å². The number of likely N-dealkylation sites (tertiary alicyclic amines) is 1. The number of benzene rings is 1. The molecule has 3 rings (SSSR count). The monoisotopic (exact) mass is 326 g/mol. The molecule has 1 aliphatic heterocycles. The van der Waals surface area contributed by atoms with Gasteiger partial charge >= 0.3 is 11.8 Å². The lowest BCUT2D eigenvalue weighted by Crippen LogP contribution is -2.44. The normalized spacial score (nSPS) is 17.1. The molecule has 0 spiro atoms. The van der Waals surface area contributed by atoms with Gasteiger partial charge in [-0.3, -0.25) is 9.59 Å². The van der Waals surface area contributed by atoms with Gasteiger partial charge in [0.05, 0.1) is 12.4 Å². The summed E-state index contributed by atoms with van der Waals surface area (Å²) in [6.45, 7) is 5.16. The van der Waals surface area contributed by atoms with Gasteiger partial charge in [0, 0.05) is 31.2 Å². The van der Waals surface area contributed by atoms with E-state index in [2.05, 4.69) is 10.3 Å². The third-order valence-electron chi connectivity index (χ3n) is 4.45. The molecule has 6 nitrogen and oxygen atoms in total. The number of amides is 2. The molecule has 1 aliphatic rings. The molecule has 126 valence electrons. The number of anilines is 1. The van der Waals surface area contributed by atoms with E-state index in [4.69, 9.17) is 0 Å². The number of nitrogens with one attached hydrogen (secondary N) is 1. The lowest BCUT2D eigenvalue weighted by atomic mass is 10.1. The van der Waals surface area contributed by atoms with Gasteiger partial charge in [-0.1, -0.05) is 12.1 Å². The molecule has 0 bridgehead atoms. The van der Waals surface area contributed by atoms with Crippen molar-refractivity contribution in [1.82, 2.24) is 14.5 Å². The second kappa shape index (κ2) is 6.86. The predicted molar refractivity (Wildman–Crippen MR) is 91.5 cm³/mol. The van der Waals surface area contributed by atoms with Gasteiger partial charge in [-0.2, -0.15) is 0 Å². The molecule has 0 radical (unpaired) electrons. The summed E-state index contributed by atoms with van der Waals surface area (Å²) >= 11 is 0. The number of imidazole rings is 1. The summed E-state index contributed by atoms with van der Waals surface area (Å²) in [5.74, 6) is -1.03. The first-order valence-corrected chi connectivity index (χ1v) is 8.19. The van der Waals surface area contributed by atoms with Crippen LogP contribution in [0.2, 0.25) is 0 Å². The van der Waals surface area contributed by atoms with Crippen LogP contribution in [0.15, 0.2) is 36.9 Å². The van der Waals surface area contributed by atoms with Gasteiger partial charge < -0.3 is 14.8 Å². The highest BCUT2D eigenvalue weighted by Crippen LogP contribution is 2.21. The summed E-state index contributed by atoms with van der Waals surface area (Å²) in [7, 11) is 0. The Bertz CT molecular complexity index is 739. The quantitative estimate of drug-likeness (QED) is 0.879. The zero-order chi connectivity index (χ0) is 17.1. The van der Waals surface area contributed by atoms with Gasteiger partial charge in [0.2, 0.25) is 0 Å². The first-order chi connectivity index (χ1) is 11.5. The van der Waals surface area contributed by atoms with E-state index in [-0.39, 0.29) is 6.04 Å². The molecule has 2 aromatic rings. The summed E-state index contributed by atoms with van der Waals surface area (Å²) in [4.78, 5) is 30.7. The molecule has 6 heteroatoms. The fourth-order valence-corrected chi connectivity index (χ4v) is 3.11. The molecule has 1 aromatic carbocycles. The van der Waals surface area contributed by atoms with Gasteiger partial charge in [0.15, 0.2) is 0 Å². The van der Waals surface area contributed by atoms with Crippen molar-refractivity contribution in [2.24, 2.45) is 0 Å². The molecule has 1 fully saturated rings. The van der Waals surface area contributed by atoms with E-state index in [0.29, 0.717) is 18.8 Å². The van der Waals surface area contributed by atoms with E-state index in [1.807, 2.05) is 42.8 Å². The zero-order valence-electron chi connectivity index (χ0n) is 14.0. The molecule has 2 amide bonds. The standard InChI is InChI=1S/C18H22N4O2/c1-13-5-6-14(2)16(10-13)20-17(23)18(24)22-8-3-4-15(22)11-21-9-7-19-12-21/h5-7,9-10,12,15H,3-4,8,11H2,1-2H3,(H,20,23). The van der Waals surface area contributed by atoms with Crippen LogP contribution in [0.5, 0.6) is 0 Å². The molecule has 2 heterocycles. The van der Waals surface area contributed by atoms with E-state index in [0.717, 1.165) is 24.0 Å². The van der Waals surface area contributed by atoms with Crippen LogP contribution in [0.3, 0.4) is 0 Å². The summed E-state index contributed by atoms with van der Waals surface area (Å²) in [5.41, 5.74) is 2.68. The fourth-order valence-electron chi connectivity index (χ4n) is 3.11. The van der Waals surface area contributed by atoms with Gasteiger partial charge in [0.1, 0.15) is 0 Å². The van der Waals surface area contributed by atoms with Crippen molar-refractivity contribution >= 4 is 17.5 Å². The minimum Gasteiger partial charge on any atom is -0.335 e. The van der Waals surface area contributed by atoms with E-state index in [1.165, 1.54) is 0 Å². The molecule has 1 N–H and O–H groups in total. The number of hydrogen-bond donors (Lipinski definition) is 1. The third-order valence-corrected chi connectivity index (χ3v) is 4.45. The Balaban J connectivity index is 1.68. The molecule has 1 aromatic heterocycles. The summed E-state index contributed by atoms with van der Waals surface area (Å²) < 4.78 is 1.94. The minimum atomic E-state index is -0.568. The number of aryl methyl sites for hydroxylation is 2. The highest BCUT2D eigenvalue weighted by atomic mass is 16.2. The van der Waals surface area contributed by atoms with Crippen molar-refractivity contribution in [1.29, 1.82) is 0 Å².